The Kier molecular flexibility index (Phi) is 6.21. The molecule has 0 bridgehead atoms. The molecule has 0 saturated carbocycles. The molecule has 0 fully saturated rings. The molecule has 3 nitrogen and oxygen atoms in total. The summed E-state index contributed by atoms with van der Waals surface area (Å²) >= 11 is 8.82. The number of halogens is 1. The quantitative estimate of drug-likeness (QED) is 0.749. The van der Waals surface area contributed by atoms with Crippen LogP contribution < -0.4 is 15.4 Å². The van der Waals surface area contributed by atoms with E-state index in [-0.39, 0.29) is 6.04 Å². The van der Waals surface area contributed by atoms with E-state index in [4.69, 9.17) is 17.0 Å². The fourth-order valence-electron chi connectivity index (χ4n) is 1.89. The Morgan fingerprint density at radius 3 is 2.64 bits per heavy atom. The van der Waals surface area contributed by atoms with Crippen LogP contribution >= 0.6 is 28.1 Å². The number of benzene rings is 2. The SMILES string of the molecule is Cc1cc(NC(=S)N[C@@H](C)COc2ccccc2)ccc1Br. The molecule has 0 saturated heterocycles. The van der Waals surface area contributed by atoms with Gasteiger partial charge in [0.15, 0.2) is 5.11 Å². The molecule has 22 heavy (non-hydrogen) atoms. The first-order valence-electron chi connectivity index (χ1n) is 7.06. The van der Waals surface area contributed by atoms with Gasteiger partial charge >= 0.3 is 0 Å². The topological polar surface area (TPSA) is 33.3 Å². The molecule has 0 aliphatic rings. The van der Waals surface area contributed by atoms with Crippen molar-refractivity contribution in [3.8, 4) is 5.75 Å². The van der Waals surface area contributed by atoms with Crippen LogP contribution in [0.3, 0.4) is 0 Å². The van der Waals surface area contributed by atoms with Crippen LogP contribution in [0.2, 0.25) is 0 Å². The summed E-state index contributed by atoms with van der Waals surface area (Å²) < 4.78 is 6.78. The van der Waals surface area contributed by atoms with Crippen molar-refractivity contribution in [3.05, 3.63) is 58.6 Å². The Hall–Kier alpha value is -1.59. The molecule has 2 rings (SSSR count). The molecule has 0 radical (unpaired) electrons. The van der Waals surface area contributed by atoms with Gasteiger partial charge < -0.3 is 15.4 Å². The monoisotopic (exact) mass is 378 g/mol. The standard InChI is InChI=1S/C17H19BrN2OS/c1-12-10-14(8-9-16(12)18)20-17(22)19-13(2)11-21-15-6-4-3-5-7-15/h3-10,13H,11H2,1-2H3,(H2,19,20,22)/t13-/m0/s1. The Labute approximate surface area is 145 Å². The van der Waals surface area contributed by atoms with Gasteiger partial charge in [-0.25, -0.2) is 0 Å². The van der Waals surface area contributed by atoms with Gasteiger partial charge in [-0.05, 0) is 62.0 Å². The summed E-state index contributed by atoms with van der Waals surface area (Å²) in [6.45, 7) is 4.62. The number of nitrogens with one attached hydrogen (secondary N) is 2. The number of anilines is 1. The Balaban J connectivity index is 1.79. The minimum absolute atomic E-state index is 0.108. The summed E-state index contributed by atoms with van der Waals surface area (Å²) in [6.07, 6.45) is 0. The second-order valence-electron chi connectivity index (χ2n) is 5.09. The second kappa shape index (κ2) is 8.15. The van der Waals surface area contributed by atoms with Crippen LogP contribution in [-0.4, -0.2) is 17.8 Å². The van der Waals surface area contributed by atoms with Gasteiger partial charge in [-0.1, -0.05) is 34.1 Å². The molecule has 1 atom stereocenters. The van der Waals surface area contributed by atoms with Crippen LogP contribution in [0.1, 0.15) is 12.5 Å². The minimum Gasteiger partial charge on any atom is -0.491 e. The molecule has 0 amide bonds. The first kappa shape index (κ1) is 16.8. The highest BCUT2D eigenvalue weighted by atomic mass is 79.9. The van der Waals surface area contributed by atoms with Gasteiger partial charge in [-0.15, -0.1) is 0 Å². The molecule has 0 unspecified atom stereocenters. The average Bonchev–Trinajstić information content (AvgIpc) is 2.50. The third-order valence-electron chi connectivity index (χ3n) is 3.04. The van der Waals surface area contributed by atoms with Crippen molar-refractivity contribution < 1.29 is 4.74 Å². The van der Waals surface area contributed by atoms with Crippen molar-refractivity contribution in [2.75, 3.05) is 11.9 Å². The second-order valence-corrected chi connectivity index (χ2v) is 6.35. The van der Waals surface area contributed by atoms with Gasteiger partial charge in [0.25, 0.3) is 0 Å². The van der Waals surface area contributed by atoms with Crippen LogP contribution in [-0.2, 0) is 0 Å². The Morgan fingerprint density at radius 2 is 1.95 bits per heavy atom. The molecule has 2 aromatic rings. The summed E-state index contributed by atoms with van der Waals surface area (Å²) in [7, 11) is 0. The molecule has 0 aromatic heterocycles. The molecule has 2 N–H and O–H groups in total. The number of rotatable bonds is 5. The van der Waals surface area contributed by atoms with Crippen molar-refractivity contribution >= 4 is 38.9 Å². The lowest BCUT2D eigenvalue weighted by molar-refractivity contribution is 0.287. The minimum atomic E-state index is 0.108. The molecule has 0 aliphatic carbocycles. The van der Waals surface area contributed by atoms with Gasteiger partial charge in [0.1, 0.15) is 12.4 Å². The highest BCUT2D eigenvalue weighted by molar-refractivity contribution is 9.10. The summed E-state index contributed by atoms with van der Waals surface area (Å²) in [5, 5.41) is 6.99. The average molecular weight is 379 g/mol. The molecular formula is C17H19BrN2OS. The van der Waals surface area contributed by atoms with E-state index in [1.807, 2.05) is 62.4 Å². The number of ether oxygens (including phenoxy) is 1. The van der Waals surface area contributed by atoms with Crippen LogP contribution in [0.25, 0.3) is 0 Å². The number of aryl methyl sites for hydroxylation is 1. The van der Waals surface area contributed by atoms with Gasteiger partial charge in [-0.2, -0.15) is 0 Å². The third kappa shape index (κ3) is 5.31. The van der Waals surface area contributed by atoms with Crippen molar-refractivity contribution in [2.24, 2.45) is 0 Å². The Morgan fingerprint density at radius 1 is 1.23 bits per heavy atom. The van der Waals surface area contributed by atoms with Gasteiger partial charge in [0.2, 0.25) is 0 Å². The van der Waals surface area contributed by atoms with E-state index in [9.17, 15) is 0 Å². The summed E-state index contributed by atoms with van der Waals surface area (Å²) in [4.78, 5) is 0. The maximum absolute atomic E-state index is 5.70. The maximum atomic E-state index is 5.70. The molecule has 0 heterocycles. The van der Waals surface area contributed by atoms with E-state index >= 15 is 0 Å². The summed E-state index contributed by atoms with van der Waals surface area (Å²) in [5.41, 5.74) is 2.13. The number of hydrogen-bond acceptors (Lipinski definition) is 2. The highest BCUT2D eigenvalue weighted by Crippen LogP contribution is 2.19. The maximum Gasteiger partial charge on any atom is 0.171 e. The number of thiocarbonyl (C=S) groups is 1. The van der Waals surface area contributed by atoms with Crippen molar-refractivity contribution in [2.45, 2.75) is 19.9 Å². The van der Waals surface area contributed by atoms with E-state index in [0.29, 0.717) is 11.7 Å². The molecular weight excluding hydrogens is 360 g/mol. The largest absolute Gasteiger partial charge is 0.491 e. The van der Waals surface area contributed by atoms with Crippen LogP contribution in [0, 0.1) is 6.92 Å². The lowest BCUT2D eigenvalue weighted by Crippen LogP contribution is -2.39. The molecule has 116 valence electrons. The zero-order valence-corrected chi connectivity index (χ0v) is 15.0. The highest BCUT2D eigenvalue weighted by Gasteiger charge is 2.06. The van der Waals surface area contributed by atoms with Gasteiger partial charge in [-0.3, -0.25) is 0 Å². The van der Waals surface area contributed by atoms with E-state index in [1.165, 1.54) is 0 Å². The van der Waals surface area contributed by atoms with E-state index < -0.39 is 0 Å². The molecule has 0 spiro atoms. The van der Waals surface area contributed by atoms with E-state index in [0.717, 1.165) is 21.5 Å². The fourth-order valence-corrected chi connectivity index (χ4v) is 2.46. The van der Waals surface area contributed by atoms with Crippen LogP contribution in [0.15, 0.2) is 53.0 Å². The van der Waals surface area contributed by atoms with Crippen molar-refractivity contribution in [3.63, 3.8) is 0 Å². The smallest absolute Gasteiger partial charge is 0.171 e. The van der Waals surface area contributed by atoms with Crippen molar-refractivity contribution in [1.29, 1.82) is 0 Å². The summed E-state index contributed by atoms with van der Waals surface area (Å²) in [5.74, 6) is 0.860. The molecule has 2 aromatic carbocycles. The van der Waals surface area contributed by atoms with Gasteiger partial charge in [0, 0.05) is 10.2 Å². The van der Waals surface area contributed by atoms with Gasteiger partial charge in [0.05, 0.1) is 6.04 Å². The predicted molar refractivity (Wildman–Crippen MR) is 99.6 cm³/mol. The third-order valence-corrected chi connectivity index (χ3v) is 4.15. The molecule has 5 heteroatoms. The van der Waals surface area contributed by atoms with Crippen molar-refractivity contribution in [1.82, 2.24) is 5.32 Å². The number of hydrogen-bond donors (Lipinski definition) is 2. The van der Waals surface area contributed by atoms with E-state index in [1.54, 1.807) is 0 Å². The zero-order chi connectivity index (χ0) is 15.9. The summed E-state index contributed by atoms with van der Waals surface area (Å²) in [6, 6.07) is 15.9. The lowest BCUT2D eigenvalue weighted by Gasteiger charge is -2.18. The normalized spacial score (nSPS) is 11.6. The lowest BCUT2D eigenvalue weighted by atomic mass is 10.2. The Bertz CT molecular complexity index is 634. The van der Waals surface area contributed by atoms with Crippen LogP contribution in [0.5, 0.6) is 5.75 Å². The zero-order valence-electron chi connectivity index (χ0n) is 12.6. The predicted octanol–water partition coefficient (Wildman–Crippen LogP) is 4.51. The molecule has 0 aliphatic heterocycles. The fraction of sp³-hybridized carbons (Fsp3) is 0.235. The van der Waals surface area contributed by atoms with Crippen LogP contribution in [0.4, 0.5) is 5.69 Å². The first-order valence-corrected chi connectivity index (χ1v) is 8.26. The first-order chi connectivity index (χ1) is 10.5. The number of para-hydroxylation sites is 1. The van der Waals surface area contributed by atoms with E-state index in [2.05, 4.69) is 26.6 Å².